The summed E-state index contributed by atoms with van der Waals surface area (Å²) >= 11 is 13.4. The molecular weight excluding hydrogens is 265 g/mol. The summed E-state index contributed by atoms with van der Waals surface area (Å²) in [7, 11) is 0. The first-order valence-corrected chi connectivity index (χ1v) is 6.37. The zero-order valence-electron chi connectivity index (χ0n) is 8.23. The van der Waals surface area contributed by atoms with Crippen LogP contribution >= 0.6 is 34.5 Å². The highest BCUT2D eigenvalue weighted by Gasteiger charge is 2.13. The highest BCUT2D eigenvalue weighted by molar-refractivity contribution is 7.07. The van der Waals surface area contributed by atoms with Gasteiger partial charge in [-0.25, -0.2) is 4.98 Å². The fraction of sp³-hybridized carbons (Fsp3) is 0.182. The van der Waals surface area contributed by atoms with E-state index in [4.69, 9.17) is 23.2 Å². The Bertz CT molecular complexity index is 473. The van der Waals surface area contributed by atoms with Gasteiger partial charge in [0.25, 0.3) is 0 Å². The zero-order valence-corrected chi connectivity index (χ0v) is 10.6. The lowest BCUT2D eigenvalue weighted by molar-refractivity contribution is 0.174. The number of benzene rings is 1. The van der Waals surface area contributed by atoms with Gasteiger partial charge in [0, 0.05) is 11.8 Å². The summed E-state index contributed by atoms with van der Waals surface area (Å²) in [4.78, 5) is 4.06. The number of aromatic nitrogens is 1. The molecule has 1 unspecified atom stereocenters. The summed E-state index contributed by atoms with van der Waals surface area (Å²) in [5.74, 6) is 0. The third kappa shape index (κ3) is 2.55. The number of hydrogen-bond donors (Lipinski definition) is 1. The second-order valence-electron chi connectivity index (χ2n) is 3.35. The van der Waals surface area contributed by atoms with Crippen LogP contribution in [-0.2, 0) is 6.42 Å². The largest absolute Gasteiger partial charge is 0.386 e. The van der Waals surface area contributed by atoms with E-state index < -0.39 is 6.10 Å². The lowest BCUT2D eigenvalue weighted by Crippen LogP contribution is -2.02. The highest BCUT2D eigenvalue weighted by Crippen LogP contribution is 2.29. The van der Waals surface area contributed by atoms with Crippen LogP contribution in [0, 0.1) is 0 Å². The van der Waals surface area contributed by atoms with E-state index in [0.717, 1.165) is 5.56 Å². The van der Waals surface area contributed by atoms with Crippen molar-refractivity contribution in [3.8, 4) is 0 Å². The molecular formula is C11H9Cl2NOS. The number of aliphatic hydroxyl groups is 1. The quantitative estimate of drug-likeness (QED) is 0.925. The molecule has 16 heavy (non-hydrogen) atoms. The van der Waals surface area contributed by atoms with Crippen molar-refractivity contribution < 1.29 is 5.11 Å². The van der Waals surface area contributed by atoms with E-state index in [2.05, 4.69) is 4.98 Å². The lowest BCUT2D eigenvalue weighted by Gasteiger charge is -2.10. The molecule has 5 heteroatoms. The fourth-order valence-corrected chi connectivity index (χ4v) is 2.40. The molecule has 1 N–H and O–H groups in total. The van der Waals surface area contributed by atoms with Crippen molar-refractivity contribution in [1.29, 1.82) is 0 Å². The average Bonchev–Trinajstić information content (AvgIpc) is 2.78. The SMILES string of the molecule is OC(Cc1cccc(Cl)c1Cl)c1cscn1. The van der Waals surface area contributed by atoms with E-state index in [0.29, 0.717) is 22.2 Å². The predicted molar refractivity (Wildman–Crippen MR) is 67.2 cm³/mol. The first kappa shape index (κ1) is 11.9. The predicted octanol–water partition coefficient (Wildman–Crippen LogP) is 3.73. The van der Waals surface area contributed by atoms with E-state index in [-0.39, 0.29) is 0 Å². The number of thiazole rings is 1. The van der Waals surface area contributed by atoms with Crippen LogP contribution in [0.5, 0.6) is 0 Å². The Morgan fingerprint density at radius 1 is 1.38 bits per heavy atom. The number of nitrogens with zero attached hydrogens (tertiary/aromatic N) is 1. The number of halogens is 2. The monoisotopic (exact) mass is 273 g/mol. The van der Waals surface area contributed by atoms with Crippen molar-refractivity contribution in [2.75, 3.05) is 0 Å². The van der Waals surface area contributed by atoms with Crippen LogP contribution in [0.1, 0.15) is 17.4 Å². The van der Waals surface area contributed by atoms with Gasteiger partial charge in [0.05, 0.1) is 21.2 Å². The molecule has 1 aromatic heterocycles. The molecule has 2 rings (SSSR count). The molecule has 0 aliphatic carbocycles. The van der Waals surface area contributed by atoms with E-state index in [1.807, 2.05) is 17.5 Å². The minimum absolute atomic E-state index is 0.420. The van der Waals surface area contributed by atoms with E-state index in [9.17, 15) is 5.11 Å². The van der Waals surface area contributed by atoms with Crippen LogP contribution in [-0.4, -0.2) is 10.1 Å². The Balaban J connectivity index is 2.18. The van der Waals surface area contributed by atoms with Crippen molar-refractivity contribution in [2.24, 2.45) is 0 Å². The average molecular weight is 274 g/mol. The number of rotatable bonds is 3. The molecule has 1 aromatic carbocycles. The summed E-state index contributed by atoms with van der Waals surface area (Å²) in [6, 6.07) is 5.39. The third-order valence-corrected chi connectivity index (χ3v) is 3.70. The normalized spacial score (nSPS) is 12.7. The van der Waals surface area contributed by atoms with Crippen LogP contribution < -0.4 is 0 Å². The summed E-state index contributed by atoms with van der Waals surface area (Å²) in [5.41, 5.74) is 3.19. The maximum atomic E-state index is 9.92. The molecule has 0 aliphatic heterocycles. The van der Waals surface area contributed by atoms with Crippen molar-refractivity contribution in [2.45, 2.75) is 12.5 Å². The van der Waals surface area contributed by atoms with Crippen LogP contribution in [0.3, 0.4) is 0 Å². The van der Waals surface area contributed by atoms with Gasteiger partial charge in [-0.05, 0) is 11.6 Å². The molecule has 0 saturated carbocycles. The molecule has 0 spiro atoms. The van der Waals surface area contributed by atoms with Gasteiger partial charge >= 0.3 is 0 Å². The Morgan fingerprint density at radius 3 is 2.88 bits per heavy atom. The molecule has 2 aromatic rings. The standard InChI is InChI=1S/C11H9Cl2NOS/c12-8-3-1-2-7(11(8)13)4-10(15)9-5-16-6-14-9/h1-3,5-6,10,15H,4H2. The van der Waals surface area contributed by atoms with Gasteiger partial charge < -0.3 is 5.11 Å². The molecule has 1 atom stereocenters. The van der Waals surface area contributed by atoms with Crippen LogP contribution in [0.2, 0.25) is 10.0 Å². The molecule has 0 bridgehead atoms. The van der Waals surface area contributed by atoms with E-state index in [1.54, 1.807) is 11.6 Å². The van der Waals surface area contributed by atoms with Crippen LogP contribution in [0.25, 0.3) is 0 Å². The van der Waals surface area contributed by atoms with Gasteiger partial charge in [-0.1, -0.05) is 35.3 Å². The zero-order chi connectivity index (χ0) is 11.5. The van der Waals surface area contributed by atoms with Crippen LogP contribution in [0.15, 0.2) is 29.1 Å². The molecule has 84 valence electrons. The highest BCUT2D eigenvalue weighted by atomic mass is 35.5. The van der Waals surface area contributed by atoms with Gasteiger partial charge in [-0.3, -0.25) is 0 Å². The lowest BCUT2D eigenvalue weighted by atomic mass is 10.1. The topological polar surface area (TPSA) is 33.1 Å². The number of hydrogen-bond acceptors (Lipinski definition) is 3. The molecule has 0 radical (unpaired) electrons. The van der Waals surface area contributed by atoms with Gasteiger partial charge in [0.2, 0.25) is 0 Å². The van der Waals surface area contributed by atoms with Gasteiger partial charge in [-0.2, -0.15) is 0 Å². The summed E-state index contributed by atoms with van der Waals surface area (Å²) in [6.07, 6.45) is -0.217. The van der Waals surface area contributed by atoms with E-state index in [1.165, 1.54) is 11.3 Å². The van der Waals surface area contributed by atoms with Gasteiger partial charge in [0.1, 0.15) is 6.10 Å². The molecule has 1 heterocycles. The van der Waals surface area contributed by atoms with E-state index >= 15 is 0 Å². The number of aliphatic hydroxyl groups excluding tert-OH is 1. The first-order valence-electron chi connectivity index (χ1n) is 4.67. The van der Waals surface area contributed by atoms with Gasteiger partial charge in [0.15, 0.2) is 0 Å². The summed E-state index contributed by atoms with van der Waals surface area (Å²) in [6.45, 7) is 0. The molecule has 0 saturated heterocycles. The van der Waals surface area contributed by atoms with Crippen LogP contribution in [0.4, 0.5) is 0 Å². The van der Waals surface area contributed by atoms with Crippen molar-refractivity contribution in [3.63, 3.8) is 0 Å². The molecule has 0 aliphatic rings. The van der Waals surface area contributed by atoms with Gasteiger partial charge in [-0.15, -0.1) is 11.3 Å². The molecule has 0 fully saturated rings. The Kier molecular flexibility index (Phi) is 3.82. The second kappa shape index (κ2) is 5.15. The molecule has 2 nitrogen and oxygen atoms in total. The van der Waals surface area contributed by atoms with Crippen molar-refractivity contribution >= 4 is 34.5 Å². The van der Waals surface area contributed by atoms with Crippen molar-refractivity contribution in [3.05, 3.63) is 50.4 Å². The maximum absolute atomic E-state index is 9.92. The Morgan fingerprint density at radius 2 is 2.19 bits per heavy atom. The van der Waals surface area contributed by atoms with Crippen molar-refractivity contribution in [1.82, 2.24) is 4.98 Å². The second-order valence-corrected chi connectivity index (χ2v) is 4.85. The first-order chi connectivity index (χ1) is 7.68. The Hall–Kier alpha value is -0.610. The smallest absolute Gasteiger partial charge is 0.101 e. The third-order valence-electron chi connectivity index (χ3n) is 2.24. The summed E-state index contributed by atoms with van der Waals surface area (Å²) < 4.78 is 0. The minimum Gasteiger partial charge on any atom is -0.386 e. The Labute approximate surface area is 107 Å². The summed E-state index contributed by atoms with van der Waals surface area (Å²) in [5, 5.41) is 12.7. The molecule has 0 amide bonds. The maximum Gasteiger partial charge on any atom is 0.101 e. The fourth-order valence-electron chi connectivity index (χ4n) is 1.41. The minimum atomic E-state index is -0.637.